The second kappa shape index (κ2) is 8.85. The molecule has 150 valence electrons. The molecule has 3 aromatic rings. The molecule has 29 heavy (non-hydrogen) atoms. The van der Waals surface area contributed by atoms with Crippen LogP contribution in [0, 0.1) is 20.8 Å². The maximum absolute atomic E-state index is 12.3. The van der Waals surface area contributed by atoms with Crippen LogP contribution in [-0.2, 0) is 6.42 Å². The first-order valence-corrected chi connectivity index (χ1v) is 10.1. The van der Waals surface area contributed by atoms with Crippen molar-refractivity contribution in [3.05, 3.63) is 86.2 Å². The zero-order chi connectivity index (χ0) is 21.1. The predicted octanol–water partition coefficient (Wildman–Crippen LogP) is 6.04. The zero-order valence-corrected chi connectivity index (χ0v) is 18.4. The lowest BCUT2D eigenvalue weighted by Gasteiger charge is -2.17. The van der Waals surface area contributed by atoms with E-state index < -0.39 is 0 Å². The van der Waals surface area contributed by atoms with E-state index in [1.807, 2.05) is 0 Å². The topological polar surface area (TPSA) is 46.4 Å². The number of hydrazone groups is 1. The average Bonchev–Trinajstić information content (AvgIpc) is 2.95. The van der Waals surface area contributed by atoms with E-state index in [0.717, 1.165) is 23.4 Å². The molecule has 0 saturated heterocycles. The minimum absolute atomic E-state index is 0.287. The molecule has 1 aromatic heterocycles. The van der Waals surface area contributed by atoms with Crippen LogP contribution in [0.4, 0.5) is 0 Å². The highest BCUT2D eigenvalue weighted by molar-refractivity contribution is 6.36. The summed E-state index contributed by atoms with van der Waals surface area (Å²) in [5.74, 6) is -0.385. The molecule has 1 amide bonds. The third kappa shape index (κ3) is 4.39. The molecule has 0 aliphatic carbocycles. The lowest BCUT2D eigenvalue weighted by molar-refractivity contribution is 0.0955. The summed E-state index contributed by atoms with van der Waals surface area (Å²) in [4.78, 5) is 12.3. The molecule has 0 aliphatic heterocycles. The summed E-state index contributed by atoms with van der Waals surface area (Å²) in [6.45, 7) is 8.41. The number of carbonyl (C=O) groups excluding carboxylic acids is 1. The smallest absolute Gasteiger partial charge is 0.272 e. The van der Waals surface area contributed by atoms with Crippen LogP contribution in [0.25, 0.3) is 5.69 Å². The maximum atomic E-state index is 12.3. The SMILES string of the molecule is CCc1cccc(C)c1-n1c(C)cc(/C=N\NC(=O)c2ccc(Cl)cc2Cl)c1C. The Morgan fingerprint density at radius 2 is 1.90 bits per heavy atom. The Hall–Kier alpha value is -2.56. The van der Waals surface area contributed by atoms with Gasteiger partial charge >= 0.3 is 0 Å². The number of halogens is 2. The number of nitrogens with one attached hydrogen (secondary N) is 1. The third-order valence-electron chi connectivity index (χ3n) is 4.94. The number of amides is 1. The van der Waals surface area contributed by atoms with Crippen LogP contribution in [0.5, 0.6) is 0 Å². The molecule has 0 saturated carbocycles. The van der Waals surface area contributed by atoms with Crippen molar-refractivity contribution < 1.29 is 4.79 Å². The number of benzene rings is 2. The van der Waals surface area contributed by atoms with Crippen molar-refractivity contribution in [1.29, 1.82) is 0 Å². The van der Waals surface area contributed by atoms with Crippen LogP contribution in [0.1, 0.15) is 45.4 Å². The van der Waals surface area contributed by atoms with E-state index in [-0.39, 0.29) is 10.9 Å². The quantitative estimate of drug-likeness (QED) is 0.391. The summed E-state index contributed by atoms with van der Waals surface area (Å²) < 4.78 is 2.24. The van der Waals surface area contributed by atoms with E-state index in [2.05, 4.69) is 67.1 Å². The van der Waals surface area contributed by atoms with Gasteiger partial charge in [0.2, 0.25) is 0 Å². The maximum Gasteiger partial charge on any atom is 0.272 e. The summed E-state index contributed by atoms with van der Waals surface area (Å²) >= 11 is 12.0. The van der Waals surface area contributed by atoms with Crippen molar-refractivity contribution in [3.63, 3.8) is 0 Å². The molecule has 0 unspecified atom stereocenters. The van der Waals surface area contributed by atoms with Gasteiger partial charge in [-0.1, -0.05) is 48.3 Å². The standard InChI is InChI=1S/C23H23Cl2N3O/c1-5-17-8-6-7-14(2)22(17)28-15(3)11-18(16(28)4)13-26-27-23(29)20-10-9-19(24)12-21(20)25/h6-13H,5H2,1-4H3,(H,27,29)/b26-13-. The highest BCUT2D eigenvalue weighted by Gasteiger charge is 2.14. The van der Waals surface area contributed by atoms with Gasteiger partial charge < -0.3 is 4.57 Å². The van der Waals surface area contributed by atoms with Crippen LogP contribution in [0.3, 0.4) is 0 Å². The van der Waals surface area contributed by atoms with Gasteiger partial charge in [0, 0.05) is 22.0 Å². The fourth-order valence-electron chi connectivity index (χ4n) is 3.48. The molecule has 0 spiro atoms. The fraction of sp³-hybridized carbons (Fsp3) is 0.217. The minimum Gasteiger partial charge on any atom is -0.317 e. The monoisotopic (exact) mass is 427 g/mol. The van der Waals surface area contributed by atoms with E-state index in [1.165, 1.54) is 22.9 Å². The Balaban J connectivity index is 1.87. The number of aryl methyl sites for hydroxylation is 3. The first kappa shape index (κ1) is 21.2. The Bertz CT molecular complexity index is 1100. The van der Waals surface area contributed by atoms with Gasteiger partial charge in [0.15, 0.2) is 0 Å². The van der Waals surface area contributed by atoms with Gasteiger partial charge in [0.1, 0.15) is 0 Å². The average molecular weight is 428 g/mol. The lowest BCUT2D eigenvalue weighted by Crippen LogP contribution is -2.18. The van der Waals surface area contributed by atoms with Crippen molar-refractivity contribution in [3.8, 4) is 5.69 Å². The highest BCUT2D eigenvalue weighted by atomic mass is 35.5. The lowest BCUT2D eigenvalue weighted by atomic mass is 10.1. The highest BCUT2D eigenvalue weighted by Crippen LogP contribution is 2.26. The minimum atomic E-state index is -0.385. The molecular weight excluding hydrogens is 405 g/mol. The van der Waals surface area contributed by atoms with Crippen molar-refractivity contribution in [2.75, 3.05) is 0 Å². The van der Waals surface area contributed by atoms with Crippen molar-refractivity contribution >= 4 is 35.3 Å². The molecule has 1 N–H and O–H groups in total. The molecular formula is C23H23Cl2N3O. The van der Waals surface area contributed by atoms with Crippen molar-refractivity contribution in [2.24, 2.45) is 5.10 Å². The normalized spacial score (nSPS) is 11.2. The molecule has 0 bridgehead atoms. The summed E-state index contributed by atoms with van der Waals surface area (Å²) in [6.07, 6.45) is 2.61. The number of hydrogen-bond donors (Lipinski definition) is 1. The Morgan fingerprint density at radius 1 is 1.14 bits per heavy atom. The second-order valence-electron chi connectivity index (χ2n) is 6.92. The molecule has 0 radical (unpaired) electrons. The molecule has 0 atom stereocenters. The van der Waals surface area contributed by atoms with Gasteiger partial charge in [0.05, 0.1) is 22.5 Å². The fourth-order valence-corrected chi connectivity index (χ4v) is 3.98. The van der Waals surface area contributed by atoms with Gasteiger partial charge in [-0.25, -0.2) is 5.43 Å². The van der Waals surface area contributed by atoms with Crippen LogP contribution in [0.15, 0.2) is 47.6 Å². The number of aromatic nitrogens is 1. The predicted molar refractivity (Wildman–Crippen MR) is 121 cm³/mol. The summed E-state index contributed by atoms with van der Waals surface area (Å²) in [5, 5.41) is 4.89. The van der Waals surface area contributed by atoms with Crippen LogP contribution in [0.2, 0.25) is 10.0 Å². The molecule has 0 aliphatic rings. The number of carbonyl (C=O) groups is 1. The van der Waals surface area contributed by atoms with Gasteiger partial charge in [-0.05, 0) is 62.6 Å². The Kier molecular flexibility index (Phi) is 6.46. The van der Waals surface area contributed by atoms with Crippen molar-refractivity contribution in [2.45, 2.75) is 34.1 Å². The molecule has 4 nitrogen and oxygen atoms in total. The molecule has 3 rings (SSSR count). The van der Waals surface area contributed by atoms with E-state index in [1.54, 1.807) is 18.3 Å². The van der Waals surface area contributed by atoms with Gasteiger partial charge in [-0.2, -0.15) is 5.10 Å². The van der Waals surface area contributed by atoms with E-state index >= 15 is 0 Å². The Labute approximate surface area is 181 Å². The van der Waals surface area contributed by atoms with Crippen molar-refractivity contribution in [1.82, 2.24) is 9.99 Å². The summed E-state index contributed by atoms with van der Waals surface area (Å²) in [7, 11) is 0. The number of nitrogens with zero attached hydrogens (tertiary/aromatic N) is 2. The molecule has 2 aromatic carbocycles. The van der Waals surface area contributed by atoms with Gasteiger partial charge in [0.25, 0.3) is 5.91 Å². The number of hydrogen-bond acceptors (Lipinski definition) is 2. The largest absolute Gasteiger partial charge is 0.317 e. The van der Waals surface area contributed by atoms with Crippen LogP contribution >= 0.6 is 23.2 Å². The first-order valence-electron chi connectivity index (χ1n) is 9.39. The van der Waals surface area contributed by atoms with Crippen LogP contribution in [-0.4, -0.2) is 16.7 Å². The van der Waals surface area contributed by atoms with Crippen LogP contribution < -0.4 is 5.43 Å². The third-order valence-corrected chi connectivity index (χ3v) is 5.49. The summed E-state index contributed by atoms with van der Waals surface area (Å²) in [6, 6.07) is 13.2. The molecule has 0 fully saturated rings. The van der Waals surface area contributed by atoms with Gasteiger partial charge in [-0.3, -0.25) is 4.79 Å². The summed E-state index contributed by atoms with van der Waals surface area (Å²) in [5.41, 5.74) is 9.70. The number of para-hydroxylation sites is 1. The molecule has 6 heteroatoms. The first-order chi connectivity index (χ1) is 13.8. The number of rotatable bonds is 5. The van der Waals surface area contributed by atoms with E-state index in [0.29, 0.717) is 10.6 Å². The van der Waals surface area contributed by atoms with Gasteiger partial charge in [-0.15, -0.1) is 0 Å². The second-order valence-corrected chi connectivity index (χ2v) is 7.77. The zero-order valence-electron chi connectivity index (χ0n) is 16.9. The molecule has 1 heterocycles. The van der Waals surface area contributed by atoms with E-state index in [9.17, 15) is 4.79 Å². The Morgan fingerprint density at radius 3 is 2.59 bits per heavy atom. The van der Waals surface area contributed by atoms with E-state index in [4.69, 9.17) is 23.2 Å².